The molecule has 0 saturated heterocycles. The molecule has 1 N–H and O–H groups in total. The largest absolute Gasteiger partial charge is 0.494 e. The molecule has 0 saturated carbocycles. The van der Waals surface area contributed by atoms with Crippen molar-refractivity contribution < 1.29 is 23.8 Å². The van der Waals surface area contributed by atoms with Crippen LogP contribution >= 0.6 is 0 Å². The van der Waals surface area contributed by atoms with Gasteiger partial charge in [0.2, 0.25) is 0 Å². The standard InChI is InChI=1S/C26H23NO5/c1-3-31-23-12-14-24(15-13-23)32-18-25(28)27-22-9-5-7-20(17-22)11-10-19-6-4-8-21(16-19)26(29)30-2/h4-9,12-17H,3,18H2,1-2H3,(H,27,28). The Kier molecular flexibility index (Phi) is 7.88. The van der Waals surface area contributed by atoms with Gasteiger partial charge >= 0.3 is 5.97 Å². The van der Waals surface area contributed by atoms with Crippen LogP contribution in [0.15, 0.2) is 72.8 Å². The smallest absolute Gasteiger partial charge is 0.337 e. The Labute approximate surface area is 187 Å². The predicted molar refractivity (Wildman–Crippen MR) is 122 cm³/mol. The summed E-state index contributed by atoms with van der Waals surface area (Å²) in [5.74, 6) is 6.69. The van der Waals surface area contributed by atoms with E-state index in [9.17, 15) is 9.59 Å². The van der Waals surface area contributed by atoms with Crippen LogP contribution in [0.3, 0.4) is 0 Å². The molecule has 3 aromatic rings. The van der Waals surface area contributed by atoms with Crippen LogP contribution in [0.4, 0.5) is 5.69 Å². The second kappa shape index (κ2) is 11.2. The molecule has 0 aliphatic heterocycles. The Morgan fingerprint density at radius 2 is 1.47 bits per heavy atom. The minimum atomic E-state index is -0.411. The van der Waals surface area contributed by atoms with Gasteiger partial charge in [0.25, 0.3) is 5.91 Å². The zero-order chi connectivity index (χ0) is 22.8. The van der Waals surface area contributed by atoms with Crippen molar-refractivity contribution in [2.75, 3.05) is 25.6 Å². The molecule has 0 bridgehead atoms. The first-order chi connectivity index (χ1) is 15.6. The van der Waals surface area contributed by atoms with Crippen LogP contribution in [0.5, 0.6) is 11.5 Å². The maximum atomic E-state index is 12.2. The number of hydrogen-bond acceptors (Lipinski definition) is 5. The van der Waals surface area contributed by atoms with Crippen LogP contribution in [0.1, 0.15) is 28.4 Å². The van der Waals surface area contributed by atoms with Crippen molar-refractivity contribution in [3.05, 3.63) is 89.5 Å². The fraction of sp³-hybridized carbons (Fsp3) is 0.154. The number of amides is 1. The van der Waals surface area contributed by atoms with Gasteiger partial charge in [-0.1, -0.05) is 24.0 Å². The molecule has 3 rings (SSSR count). The van der Waals surface area contributed by atoms with Gasteiger partial charge in [-0.15, -0.1) is 0 Å². The van der Waals surface area contributed by atoms with Crippen molar-refractivity contribution >= 4 is 17.6 Å². The first-order valence-corrected chi connectivity index (χ1v) is 10.0. The third-order valence-corrected chi connectivity index (χ3v) is 4.29. The predicted octanol–water partition coefficient (Wildman–Crippen LogP) is 4.29. The Bertz CT molecular complexity index is 1140. The average Bonchev–Trinajstić information content (AvgIpc) is 2.82. The highest BCUT2D eigenvalue weighted by molar-refractivity contribution is 5.92. The zero-order valence-corrected chi connectivity index (χ0v) is 17.9. The number of carbonyl (C=O) groups excluding carboxylic acids is 2. The summed E-state index contributed by atoms with van der Waals surface area (Å²) in [5.41, 5.74) is 2.46. The minimum absolute atomic E-state index is 0.121. The van der Waals surface area contributed by atoms with E-state index in [1.165, 1.54) is 7.11 Å². The number of methoxy groups -OCH3 is 1. The van der Waals surface area contributed by atoms with E-state index in [0.29, 0.717) is 29.2 Å². The molecule has 0 aromatic heterocycles. The van der Waals surface area contributed by atoms with Gasteiger partial charge in [0.1, 0.15) is 11.5 Å². The summed E-state index contributed by atoms with van der Waals surface area (Å²) in [6.45, 7) is 2.38. The van der Waals surface area contributed by atoms with Crippen molar-refractivity contribution in [1.82, 2.24) is 0 Å². The number of hydrogen-bond donors (Lipinski definition) is 1. The Hall–Kier alpha value is -4.24. The molecule has 6 heteroatoms. The van der Waals surface area contributed by atoms with Gasteiger partial charge in [0.15, 0.2) is 6.61 Å². The number of esters is 1. The molecule has 0 unspecified atom stereocenters. The summed E-state index contributed by atoms with van der Waals surface area (Å²) in [6, 6.07) is 21.2. The van der Waals surface area contributed by atoms with E-state index in [0.717, 1.165) is 11.3 Å². The number of rotatable bonds is 7. The lowest BCUT2D eigenvalue weighted by Crippen LogP contribution is -2.20. The van der Waals surface area contributed by atoms with Crippen LogP contribution in [-0.4, -0.2) is 32.2 Å². The number of ether oxygens (including phenoxy) is 3. The zero-order valence-electron chi connectivity index (χ0n) is 17.9. The Morgan fingerprint density at radius 3 is 2.12 bits per heavy atom. The molecule has 0 aliphatic rings. The molecule has 3 aromatic carbocycles. The van der Waals surface area contributed by atoms with Crippen LogP contribution in [0.25, 0.3) is 0 Å². The number of anilines is 1. The van der Waals surface area contributed by atoms with Gasteiger partial charge in [-0.3, -0.25) is 4.79 Å². The fourth-order valence-corrected chi connectivity index (χ4v) is 2.81. The molecule has 0 spiro atoms. The van der Waals surface area contributed by atoms with E-state index in [-0.39, 0.29) is 12.5 Å². The molecule has 0 heterocycles. The number of nitrogens with one attached hydrogen (secondary N) is 1. The maximum absolute atomic E-state index is 12.2. The lowest BCUT2D eigenvalue weighted by molar-refractivity contribution is -0.118. The maximum Gasteiger partial charge on any atom is 0.337 e. The summed E-state index contributed by atoms with van der Waals surface area (Å²) in [5, 5.41) is 2.80. The van der Waals surface area contributed by atoms with Crippen molar-refractivity contribution in [1.29, 1.82) is 0 Å². The fourth-order valence-electron chi connectivity index (χ4n) is 2.81. The van der Waals surface area contributed by atoms with Gasteiger partial charge in [-0.05, 0) is 67.6 Å². The van der Waals surface area contributed by atoms with Crippen LogP contribution in [-0.2, 0) is 9.53 Å². The third-order valence-electron chi connectivity index (χ3n) is 4.29. The van der Waals surface area contributed by atoms with Crippen molar-refractivity contribution in [3.63, 3.8) is 0 Å². The van der Waals surface area contributed by atoms with Crippen LogP contribution in [0.2, 0.25) is 0 Å². The minimum Gasteiger partial charge on any atom is -0.494 e. The highest BCUT2D eigenvalue weighted by Crippen LogP contribution is 2.17. The number of carbonyl (C=O) groups is 2. The van der Waals surface area contributed by atoms with Crippen molar-refractivity contribution in [2.45, 2.75) is 6.92 Å². The van der Waals surface area contributed by atoms with Crippen LogP contribution in [0, 0.1) is 11.8 Å². The molecule has 32 heavy (non-hydrogen) atoms. The molecule has 0 atom stereocenters. The summed E-state index contributed by atoms with van der Waals surface area (Å²) in [7, 11) is 1.34. The molecule has 0 radical (unpaired) electrons. The molecular formula is C26H23NO5. The molecule has 0 fully saturated rings. The van der Waals surface area contributed by atoms with E-state index >= 15 is 0 Å². The van der Waals surface area contributed by atoms with E-state index in [1.807, 2.05) is 19.1 Å². The molecule has 162 valence electrons. The Balaban J connectivity index is 1.59. The molecular weight excluding hydrogens is 406 g/mol. The van der Waals surface area contributed by atoms with E-state index in [4.69, 9.17) is 14.2 Å². The van der Waals surface area contributed by atoms with Crippen molar-refractivity contribution in [3.8, 4) is 23.3 Å². The summed E-state index contributed by atoms with van der Waals surface area (Å²) in [4.78, 5) is 23.9. The summed E-state index contributed by atoms with van der Waals surface area (Å²) >= 11 is 0. The average molecular weight is 429 g/mol. The van der Waals surface area contributed by atoms with Gasteiger partial charge in [-0.25, -0.2) is 4.79 Å². The first kappa shape index (κ1) is 22.4. The van der Waals surface area contributed by atoms with Gasteiger partial charge in [0.05, 0.1) is 19.3 Å². The SMILES string of the molecule is CCOc1ccc(OCC(=O)Nc2cccc(C#Cc3cccc(C(=O)OC)c3)c2)cc1. The second-order valence-corrected chi connectivity index (χ2v) is 6.64. The molecule has 0 aliphatic carbocycles. The topological polar surface area (TPSA) is 73.9 Å². The van der Waals surface area contributed by atoms with Crippen LogP contribution < -0.4 is 14.8 Å². The summed E-state index contributed by atoms with van der Waals surface area (Å²) < 4.78 is 15.6. The van der Waals surface area contributed by atoms with Gasteiger partial charge < -0.3 is 19.5 Å². The third kappa shape index (κ3) is 6.64. The quantitative estimate of drug-likeness (QED) is 0.448. The van der Waals surface area contributed by atoms with E-state index < -0.39 is 5.97 Å². The van der Waals surface area contributed by atoms with E-state index in [1.54, 1.807) is 60.7 Å². The Morgan fingerprint density at radius 1 is 0.844 bits per heavy atom. The van der Waals surface area contributed by atoms with Gasteiger partial charge in [-0.2, -0.15) is 0 Å². The monoisotopic (exact) mass is 429 g/mol. The van der Waals surface area contributed by atoms with Gasteiger partial charge in [0, 0.05) is 16.8 Å². The number of benzene rings is 3. The molecule has 1 amide bonds. The lowest BCUT2D eigenvalue weighted by atomic mass is 10.1. The normalized spacial score (nSPS) is 9.81. The highest BCUT2D eigenvalue weighted by Gasteiger charge is 2.06. The first-order valence-electron chi connectivity index (χ1n) is 10.0. The molecule has 6 nitrogen and oxygen atoms in total. The highest BCUT2D eigenvalue weighted by atomic mass is 16.5. The van der Waals surface area contributed by atoms with Crippen molar-refractivity contribution in [2.24, 2.45) is 0 Å². The second-order valence-electron chi connectivity index (χ2n) is 6.64. The van der Waals surface area contributed by atoms with E-state index in [2.05, 4.69) is 17.2 Å². The lowest BCUT2D eigenvalue weighted by Gasteiger charge is -2.09. The summed E-state index contributed by atoms with van der Waals surface area (Å²) in [6.07, 6.45) is 0.